The number of aromatic carboxylic acids is 1. The predicted octanol–water partition coefficient (Wildman–Crippen LogP) is 5.98. The lowest BCUT2D eigenvalue weighted by molar-refractivity contribution is 0.0694. The molecule has 0 bridgehead atoms. The summed E-state index contributed by atoms with van der Waals surface area (Å²) in [5.41, 5.74) is 2.16. The number of carboxylic acids is 1. The number of aromatic nitrogens is 8. The summed E-state index contributed by atoms with van der Waals surface area (Å²) in [6, 6.07) is 12.7. The zero-order valence-corrected chi connectivity index (χ0v) is 45.6. The first-order valence-corrected chi connectivity index (χ1v) is 27.0. The minimum Gasteiger partial charge on any atom is -0.479 e. The van der Waals surface area contributed by atoms with Crippen LogP contribution in [0.3, 0.4) is 0 Å². The van der Waals surface area contributed by atoms with Crippen LogP contribution in [0.4, 0.5) is 23.5 Å². The van der Waals surface area contributed by atoms with Gasteiger partial charge in [-0.15, -0.1) is 0 Å². The molecule has 4 fully saturated rings. The van der Waals surface area contributed by atoms with Crippen molar-refractivity contribution >= 4 is 57.2 Å². The highest BCUT2D eigenvalue weighted by molar-refractivity contribution is 5.94. The van der Waals surface area contributed by atoms with Crippen LogP contribution in [-0.4, -0.2) is 154 Å². The first-order chi connectivity index (χ1) is 38.7. The van der Waals surface area contributed by atoms with Gasteiger partial charge in [-0.2, -0.15) is 0 Å². The topological polar surface area (TPSA) is 263 Å². The molecule has 2 aliphatic heterocycles. The van der Waals surface area contributed by atoms with Crippen molar-refractivity contribution in [1.82, 2.24) is 60.7 Å². The zero-order chi connectivity index (χ0) is 55.4. The molecule has 21 nitrogen and oxygen atoms in total. The van der Waals surface area contributed by atoms with Crippen LogP contribution in [-0.2, 0) is 0 Å². The number of nitrogens with one attached hydrogen (secondary N) is 7. The predicted molar refractivity (Wildman–Crippen MR) is 308 cm³/mol. The summed E-state index contributed by atoms with van der Waals surface area (Å²) in [6.45, 7) is 12.7. The second kappa shape index (κ2) is 31.7. The van der Waals surface area contributed by atoms with E-state index in [2.05, 4.69) is 108 Å². The maximum atomic E-state index is 12.6. The number of piperazine rings is 2. The van der Waals surface area contributed by atoms with E-state index in [1.807, 2.05) is 41.3 Å². The van der Waals surface area contributed by atoms with Gasteiger partial charge in [0, 0.05) is 125 Å². The van der Waals surface area contributed by atoms with Gasteiger partial charge in [-0.1, -0.05) is 11.8 Å². The van der Waals surface area contributed by atoms with Crippen molar-refractivity contribution in [3.8, 4) is 47.3 Å². The molecule has 0 aromatic carbocycles. The molecule has 21 heteroatoms. The Balaban J connectivity index is 0.000000185. The highest BCUT2D eigenvalue weighted by Gasteiger charge is 2.24. The van der Waals surface area contributed by atoms with Crippen LogP contribution in [0.15, 0.2) is 73.6 Å². The minimum atomic E-state index is -1.03. The Morgan fingerprint density at radius 2 is 0.987 bits per heavy atom. The Labute approximate surface area is 462 Å². The van der Waals surface area contributed by atoms with E-state index in [4.69, 9.17) is 19.6 Å². The number of rotatable bonds is 14. The Kier molecular flexibility index (Phi) is 23.4. The molecule has 0 unspecified atom stereocenters. The van der Waals surface area contributed by atoms with Crippen LogP contribution in [0.25, 0.3) is 21.8 Å². The highest BCUT2D eigenvalue weighted by atomic mass is 16.5. The molecule has 2 aliphatic carbocycles. The second-order valence-corrected chi connectivity index (χ2v) is 19.1. The zero-order valence-electron chi connectivity index (χ0n) is 45.6. The maximum absolute atomic E-state index is 12.6. The van der Waals surface area contributed by atoms with E-state index in [0.717, 1.165) is 150 Å². The third kappa shape index (κ3) is 18.6. The molecular formula is C58H72N16O5. The highest BCUT2D eigenvalue weighted by Crippen LogP contribution is 2.30. The summed E-state index contributed by atoms with van der Waals surface area (Å²) in [6.07, 6.45) is 18.0. The number of ether oxygens (including phenoxy) is 2. The van der Waals surface area contributed by atoms with Gasteiger partial charge in [0.1, 0.15) is 22.7 Å². The van der Waals surface area contributed by atoms with Crippen LogP contribution >= 0.6 is 0 Å². The molecule has 1 amide bonds. The van der Waals surface area contributed by atoms with E-state index >= 15 is 0 Å². The molecule has 2 saturated heterocycles. The second-order valence-electron chi connectivity index (χ2n) is 19.1. The lowest BCUT2D eigenvalue weighted by atomic mass is 9.86. The average Bonchev–Trinajstić information content (AvgIpc) is 3.54. The lowest BCUT2D eigenvalue weighted by Crippen LogP contribution is -2.46. The molecular weight excluding hydrogens is 1000 g/mol. The summed E-state index contributed by atoms with van der Waals surface area (Å²) in [5.74, 6) is 19.4. The molecule has 6 aromatic heterocycles. The van der Waals surface area contributed by atoms with Gasteiger partial charge in [0.05, 0.1) is 25.3 Å². The third-order valence-electron chi connectivity index (χ3n) is 13.6. The number of pyridine rings is 4. The number of hydrogen-bond acceptors (Lipinski definition) is 19. The van der Waals surface area contributed by atoms with Gasteiger partial charge in [0.25, 0.3) is 5.91 Å². The van der Waals surface area contributed by atoms with Crippen molar-refractivity contribution in [2.24, 2.45) is 11.8 Å². The molecule has 8 heterocycles. The molecule has 0 spiro atoms. The van der Waals surface area contributed by atoms with Crippen molar-refractivity contribution in [3.63, 3.8) is 0 Å². The minimum absolute atomic E-state index is 0.000479. The van der Waals surface area contributed by atoms with Crippen molar-refractivity contribution in [3.05, 3.63) is 84.7 Å². The number of anilines is 4. The van der Waals surface area contributed by atoms with E-state index in [1.54, 1.807) is 52.9 Å². The van der Waals surface area contributed by atoms with Crippen LogP contribution in [0, 0.1) is 47.4 Å². The van der Waals surface area contributed by atoms with Crippen molar-refractivity contribution in [2.45, 2.75) is 77.3 Å². The summed E-state index contributed by atoms with van der Waals surface area (Å²) >= 11 is 0. The fourth-order valence-corrected chi connectivity index (χ4v) is 9.32. The van der Waals surface area contributed by atoms with E-state index in [0.29, 0.717) is 53.1 Å². The largest absolute Gasteiger partial charge is 0.479 e. The molecule has 79 heavy (non-hydrogen) atoms. The van der Waals surface area contributed by atoms with Gasteiger partial charge in [-0.05, 0) is 137 Å². The Bertz CT molecular complexity index is 3030. The molecule has 10 rings (SSSR count). The molecule has 4 aliphatic rings. The fourth-order valence-electron chi connectivity index (χ4n) is 9.32. The lowest BCUT2D eigenvalue weighted by Gasteiger charge is -2.29. The standard InChI is InChI=1S/C25H32N8O2.C21H24N6O3.C8H6.C4H10N2/c1-35-23-22-18(8-9-27-23)4-7-21(32-22)31-20-5-2-17(3-6-20)14-28-25-29-15-19(16-30-25)24(34)33-12-10-26-11-13-33;1-30-19-18-14(8-9-22-19)4-7-17(27-18)26-16-5-2-13(3-6-16)10-23-21-24-11-15(12-25-21)20(28)29;1-3-5-7-8-6-4-2;1-2-6-4-3-5-1/h4,7-9,15-17,20,26H,2-3,5-6,10-14H2,1H3,(H,31,32)(H,28,29,30);4,7-9,11-13,16H,2-3,5-6,10H2,1H3,(H,26,27)(H,28,29)(H,23,24,25);1-2H3;5-6H,1-4H2. The number of amides is 1. The third-order valence-corrected chi connectivity index (χ3v) is 13.6. The van der Waals surface area contributed by atoms with Gasteiger partial charge in [-0.25, -0.2) is 44.7 Å². The quantitative estimate of drug-likeness (QED) is 0.0583. The smallest absolute Gasteiger partial charge is 0.338 e. The van der Waals surface area contributed by atoms with Gasteiger partial charge in [-0.3, -0.25) is 4.79 Å². The summed E-state index contributed by atoms with van der Waals surface area (Å²) in [5, 5.41) is 34.3. The SMILES string of the molecule is C1CNCCN1.CC#CC#CC#CC.COc1nccc2ccc(NC3CCC(CNc4ncc(C(=O)N5CCNCC5)cn4)CC3)nc12.COc1nccc2ccc(NC3CCC(CNc4ncc(C(=O)O)cn4)CC3)nc12. The Morgan fingerprint density at radius 1 is 0.570 bits per heavy atom. The molecule has 2 saturated carbocycles. The van der Waals surface area contributed by atoms with Gasteiger partial charge < -0.3 is 56.7 Å². The van der Waals surface area contributed by atoms with Crippen molar-refractivity contribution < 1.29 is 24.2 Å². The number of methoxy groups -OCH3 is 2. The van der Waals surface area contributed by atoms with E-state index in [1.165, 1.54) is 12.4 Å². The van der Waals surface area contributed by atoms with Crippen molar-refractivity contribution in [2.75, 3.05) is 101 Å². The monoisotopic (exact) mass is 1070 g/mol. The summed E-state index contributed by atoms with van der Waals surface area (Å²) < 4.78 is 10.7. The van der Waals surface area contributed by atoms with Crippen LogP contribution in [0.1, 0.15) is 85.9 Å². The number of fused-ring (bicyclic) bond motifs is 2. The summed E-state index contributed by atoms with van der Waals surface area (Å²) in [4.78, 5) is 60.0. The molecule has 414 valence electrons. The number of carboxylic acid groups (broad SMARTS) is 1. The van der Waals surface area contributed by atoms with E-state index < -0.39 is 5.97 Å². The molecule has 8 N–H and O–H groups in total. The van der Waals surface area contributed by atoms with E-state index in [-0.39, 0.29) is 11.5 Å². The normalized spacial score (nSPS) is 18.4. The molecule has 0 atom stereocenters. The molecule has 0 radical (unpaired) electrons. The fraction of sp³-hybridized carbons (Fsp3) is 0.448. The van der Waals surface area contributed by atoms with Gasteiger partial charge in [0.2, 0.25) is 23.7 Å². The maximum Gasteiger partial charge on any atom is 0.338 e. The number of carbonyl (C=O) groups is 2. The summed E-state index contributed by atoms with van der Waals surface area (Å²) in [7, 11) is 3.22. The Morgan fingerprint density at radius 3 is 1.38 bits per heavy atom. The van der Waals surface area contributed by atoms with E-state index in [9.17, 15) is 9.59 Å². The van der Waals surface area contributed by atoms with Crippen LogP contribution < -0.4 is 46.7 Å². The van der Waals surface area contributed by atoms with Gasteiger partial charge in [0.15, 0.2) is 0 Å². The number of hydrogen-bond donors (Lipinski definition) is 8. The first kappa shape index (κ1) is 58.3. The van der Waals surface area contributed by atoms with Crippen molar-refractivity contribution in [1.29, 1.82) is 0 Å². The Hall–Kier alpha value is -8.42. The molecule has 6 aromatic rings. The first-order valence-electron chi connectivity index (χ1n) is 27.0. The average molecular weight is 1070 g/mol. The van der Waals surface area contributed by atoms with Crippen LogP contribution in [0.5, 0.6) is 11.8 Å². The number of carbonyl (C=O) groups excluding carboxylic acids is 1. The number of nitrogens with zero attached hydrogens (tertiary/aromatic N) is 9. The van der Waals surface area contributed by atoms with Gasteiger partial charge >= 0.3 is 5.97 Å². The van der Waals surface area contributed by atoms with Crippen LogP contribution in [0.2, 0.25) is 0 Å².